The van der Waals surface area contributed by atoms with Crippen molar-refractivity contribution in [1.82, 2.24) is 19.6 Å². The van der Waals surface area contributed by atoms with E-state index in [1.165, 1.54) is 10.9 Å². The van der Waals surface area contributed by atoms with Gasteiger partial charge in [0.05, 0.1) is 22.2 Å². The number of hydrogen-bond acceptors (Lipinski definition) is 3. The number of aromatic nitrogens is 4. The lowest BCUT2D eigenvalue weighted by Gasteiger charge is -2.23. The summed E-state index contributed by atoms with van der Waals surface area (Å²) in [4.78, 5) is 12.7. The zero-order valence-electron chi connectivity index (χ0n) is 14.1. The fraction of sp³-hybridized carbons (Fsp3) is 0.235. The molecule has 3 aromatic rings. The Hall–Kier alpha value is -1.83. The van der Waals surface area contributed by atoms with E-state index in [9.17, 15) is 4.79 Å². The molecule has 9 heteroatoms. The first-order valence-corrected chi connectivity index (χ1v) is 9.30. The Bertz CT molecular complexity index is 933. The smallest absolute Gasteiger partial charge is 0.253 e. The van der Waals surface area contributed by atoms with Gasteiger partial charge in [-0.05, 0) is 47.5 Å². The Morgan fingerprint density at radius 1 is 1.19 bits per heavy atom. The monoisotopic (exact) mass is 455 g/mol. The summed E-state index contributed by atoms with van der Waals surface area (Å²) < 4.78 is 3.94. The number of carbonyl (C=O) groups is 1. The first-order chi connectivity index (χ1) is 12.3. The summed E-state index contributed by atoms with van der Waals surface area (Å²) in [7, 11) is 0. The minimum atomic E-state index is -0.924. The third-order valence-electron chi connectivity index (χ3n) is 3.89. The molecule has 0 atom stereocenters. The van der Waals surface area contributed by atoms with Gasteiger partial charge in [-0.15, -0.1) is 0 Å². The highest BCUT2D eigenvalue weighted by molar-refractivity contribution is 9.10. The van der Waals surface area contributed by atoms with Crippen LogP contribution < -0.4 is 5.32 Å². The van der Waals surface area contributed by atoms with Crippen molar-refractivity contribution < 1.29 is 4.79 Å². The van der Waals surface area contributed by atoms with Gasteiger partial charge in [0.1, 0.15) is 5.54 Å². The molecule has 0 unspecified atom stereocenters. The second-order valence-corrected chi connectivity index (χ2v) is 7.99. The Morgan fingerprint density at radius 2 is 1.88 bits per heavy atom. The van der Waals surface area contributed by atoms with Crippen LogP contribution in [0, 0.1) is 0 Å². The molecular formula is C17H16BrCl2N5O. The van der Waals surface area contributed by atoms with Gasteiger partial charge in [-0.3, -0.25) is 14.2 Å². The maximum atomic E-state index is 12.7. The molecule has 6 nitrogen and oxygen atoms in total. The third-order valence-corrected chi connectivity index (χ3v) is 4.91. The van der Waals surface area contributed by atoms with Crippen LogP contribution in [0.4, 0.5) is 5.82 Å². The minimum Gasteiger partial charge on any atom is -0.306 e. The van der Waals surface area contributed by atoms with Gasteiger partial charge in [0.2, 0.25) is 0 Å². The van der Waals surface area contributed by atoms with Crippen LogP contribution in [0.1, 0.15) is 19.4 Å². The molecule has 0 aliphatic rings. The maximum Gasteiger partial charge on any atom is 0.253 e. The number of nitrogens with one attached hydrogen (secondary N) is 1. The largest absolute Gasteiger partial charge is 0.306 e. The Labute approximate surface area is 169 Å². The number of carbonyl (C=O) groups excluding carboxylic acids is 1. The summed E-state index contributed by atoms with van der Waals surface area (Å²) in [6.07, 6.45) is 4.91. The summed E-state index contributed by atoms with van der Waals surface area (Å²) in [6.45, 7) is 4.07. The second-order valence-electron chi connectivity index (χ2n) is 6.27. The molecule has 3 rings (SSSR count). The molecular weight excluding hydrogens is 441 g/mol. The molecule has 0 bridgehead atoms. The molecule has 0 saturated heterocycles. The van der Waals surface area contributed by atoms with Crippen molar-refractivity contribution in [1.29, 1.82) is 0 Å². The van der Waals surface area contributed by atoms with Gasteiger partial charge < -0.3 is 5.32 Å². The lowest BCUT2D eigenvalue weighted by atomic mass is 10.1. The predicted octanol–water partition coefficient (Wildman–Crippen LogP) is 4.57. The van der Waals surface area contributed by atoms with Crippen LogP contribution in [0.25, 0.3) is 0 Å². The lowest BCUT2D eigenvalue weighted by molar-refractivity contribution is -0.123. The molecule has 0 radical (unpaired) electrons. The van der Waals surface area contributed by atoms with Crippen molar-refractivity contribution in [2.45, 2.75) is 25.9 Å². The minimum absolute atomic E-state index is 0.255. The summed E-state index contributed by atoms with van der Waals surface area (Å²) >= 11 is 15.2. The van der Waals surface area contributed by atoms with E-state index in [2.05, 4.69) is 31.4 Å². The van der Waals surface area contributed by atoms with Crippen LogP contribution >= 0.6 is 39.1 Å². The number of rotatable bonds is 5. The molecule has 26 heavy (non-hydrogen) atoms. The van der Waals surface area contributed by atoms with Crippen molar-refractivity contribution >= 4 is 50.9 Å². The van der Waals surface area contributed by atoms with Crippen LogP contribution in [-0.4, -0.2) is 25.5 Å². The van der Waals surface area contributed by atoms with Crippen LogP contribution in [-0.2, 0) is 16.9 Å². The van der Waals surface area contributed by atoms with E-state index in [4.69, 9.17) is 23.2 Å². The number of anilines is 1. The number of halogens is 3. The van der Waals surface area contributed by atoms with E-state index in [-0.39, 0.29) is 5.91 Å². The zero-order chi connectivity index (χ0) is 18.9. The molecule has 1 amide bonds. The molecule has 1 aromatic carbocycles. The van der Waals surface area contributed by atoms with Crippen molar-refractivity contribution in [3.8, 4) is 0 Å². The summed E-state index contributed by atoms with van der Waals surface area (Å²) in [5.41, 5.74) is 0.126. The number of benzene rings is 1. The van der Waals surface area contributed by atoms with Gasteiger partial charge >= 0.3 is 0 Å². The number of amides is 1. The van der Waals surface area contributed by atoms with Gasteiger partial charge in [-0.1, -0.05) is 35.3 Å². The Kier molecular flexibility index (Phi) is 5.41. The van der Waals surface area contributed by atoms with E-state index in [0.717, 1.165) is 5.56 Å². The SMILES string of the molecule is CC(C)(C(=O)Nc1nn(Cc2ccc(Cl)cc2)cc1Br)n1cc(Cl)cn1. The molecule has 136 valence electrons. The maximum absolute atomic E-state index is 12.7. The average molecular weight is 457 g/mol. The fourth-order valence-corrected chi connectivity index (χ4v) is 2.99. The molecule has 0 aliphatic carbocycles. The summed E-state index contributed by atoms with van der Waals surface area (Å²) in [5.74, 6) is 0.185. The quantitative estimate of drug-likeness (QED) is 0.611. The number of nitrogens with zero attached hydrogens (tertiary/aromatic N) is 4. The number of hydrogen-bond donors (Lipinski definition) is 1. The van der Waals surface area contributed by atoms with Gasteiger partial charge in [0.15, 0.2) is 5.82 Å². The van der Waals surface area contributed by atoms with E-state index in [1.807, 2.05) is 30.5 Å². The van der Waals surface area contributed by atoms with Crippen molar-refractivity contribution in [3.63, 3.8) is 0 Å². The molecule has 0 saturated carbocycles. The summed E-state index contributed by atoms with van der Waals surface area (Å²) in [6, 6.07) is 7.52. The third kappa shape index (κ3) is 4.11. The first kappa shape index (κ1) is 18.9. The van der Waals surface area contributed by atoms with Crippen LogP contribution in [0.3, 0.4) is 0 Å². The van der Waals surface area contributed by atoms with Gasteiger partial charge in [-0.25, -0.2) is 0 Å². The molecule has 0 spiro atoms. The van der Waals surface area contributed by atoms with Crippen molar-refractivity contribution in [2.75, 3.05) is 5.32 Å². The predicted molar refractivity (Wildman–Crippen MR) is 106 cm³/mol. The highest BCUT2D eigenvalue weighted by Crippen LogP contribution is 2.24. The van der Waals surface area contributed by atoms with Crippen LogP contribution in [0.5, 0.6) is 0 Å². The van der Waals surface area contributed by atoms with Crippen molar-refractivity contribution in [3.05, 3.63) is 62.9 Å². The van der Waals surface area contributed by atoms with Crippen LogP contribution in [0.15, 0.2) is 47.3 Å². The topological polar surface area (TPSA) is 64.7 Å². The highest BCUT2D eigenvalue weighted by Gasteiger charge is 2.31. The average Bonchev–Trinajstić information content (AvgIpc) is 3.16. The molecule has 0 fully saturated rings. The molecule has 1 N–H and O–H groups in total. The zero-order valence-corrected chi connectivity index (χ0v) is 17.2. The Balaban J connectivity index is 1.74. The molecule has 2 heterocycles. The van der Waals surface area contributed by atoms with E-state index >= 15 is 0 Å². The van der Waals surface area contributed by atoms with E-state index in [0.29, 0.717) is 26.9 Å². The summed E-state index contributed by atoms with van der Waals surface area (Å²) in [5, 5.41) is 12.5. The van der Waals surface area contributed by atoms with E-state index < -0.39 is 5.54 Å². The first-order valence-electron chi connectivity index (χ1n) is 7.75. The van der Waals surface area contributed by atoms with E-state index in [1.54, 1.807) is 24.7 Å². The van der Waals surface area contributed by atoms with Crippen LogP contribution in [0.2, 0.25) is 10.0 Å². The standard InChI is InChI=1S/C17H16BrCl2N5O/c1-17(2,25-9-13(20)7-21-25)16(26)22-15-14(18)10-24(23-15)8-11-3-5-12(19)6-4-11/h3-7,9-10H,8H2,1-2H3,(H,22,23,26). The van der Waals surface area contributed by atoms with Crippen molar-refractivity contribution in [2.24, 2.45) is 0 Å². The Morgan fingerprint density at radius 3 is 2.50 bits per heavy atom. The highest BCUT2D eigenvalue weighted by atomic mass is 79.9. The second kappa shape index (κ2) is 7.42. The lowest BCUT2D eigenvalue weighted by Crippen LogP contribution is -2.40. The van der Waals surface area contributed by atoms with Gasteiger partial charge in [-0.2, -0.15) is 10.2 Å². The molecule has 2 aromatic heterocycles. The fourth-order valence-electron chi connectivity index (χ4n) is 2.31. The normalized spacial score (nSPS) is 11.6. The molecule has 0 aliphatic heterocycles. The van der Waals surface area contributed by atoms with Gasteiger partial charge in [0.25, 0.3) is 5.91 Å². The van der Waals surface area contributed by atoms with Gasteiger partial charge in [0, 0.05) is 17.4 Å².